The predicted octanol–water partition coefficient (Wildman–Crippen LogP) is 1.68. The van der Waals surface area contributed by atoms with E-state index in [2.05, 4.69) is 15.5 Å². The first-order valence-electron chi connectivity index (χ1n) is 4.77. The maximum Gasteiger partial charge on any atom is 0.259 e. The highest BCUT2D eigenvalue weighted by Crippen LogP contribution is 2.16. The van der Waals surface area contributed by atoms with Crippen molar-refractivity contribution in [2.75, 3.05) is 5.32 Å². The molecule has 0 aliphatic carbocycles. The van der Waals surface area contributed by atoms with Crippen LogP contribution >= 0.6 is 0 Å². The summed E-state index contributed by atoms with van der Waals surface area (Å²) in [6.07, 6.45) is 1.47. The van der Waals surface area contributed by atoms with E-state index in [1.54, 1.807) is 25.1 Å². The van der Waals surface area contributed by atoms with Crippen LogP contribution in [0.15, 0.2) is 30.5 Å². The SMILES string of the molecule is Cc1[nH]ncc1C(=O)Nc1cccc(O)c1. The van der Waals surface area contributed by atoms with Crippen molar-refractivity contribution in [2.24, 2.45) is 0 Å². The third-order valence-corrected chi connectivity index (χ3v) is 2.18. The van der Waals surface area contributed by atoms with E-state index >= 15 is 0 Å². The Labute approximate surface area is 92.1 Å². The second-order valence-electron chi connectivity index (χ2n) is 3.41. The summed E-state index contributed by atoms with van der Waals surface area (Å²) in [6.45, 7) is 1.77. The zero-order valence-corrected chi connectivity index (χ0v) is 8.69. The van der Waals surface area contributed by atoms with Crippen LogP contribution in [0, 0.1) is 6.92 Å². The molecule has 16 heavy (non-hydrogen) atoms. The molecular weight excluding hydrogens is 206 g/mol. The van der Waals surface area contributed by atoms with Gasteiger partial charge in [-0.1, -0.05) is 6.07 Å². The average molecular weight is 217 g/mol. The fourth-order valence-corrected chi connectivity index (χ4v) is 1.36. The summed E-state index contributed by atoms with van der Waals surface area (Å²) in [4.78, 5) is 11.8. The van der Waals surface area contributed by atoms with Crippen molar-refractivity contribution in [1.82, 2.24) is 10.2 Å². The van der Waals surface area contributed by atoms with Crippen molar-refractivity contribution in [1.29, 1.82) is 0 Å². The number of carbonyl (C=O) groups is 1. The van der Waals surface area contributed by atoms with E-state index in [1.807, 2.05) is 0 Å². The summed E-state index contributed by atoms with van der Waals surface area (Å²) in [6, 6.07) is 6.38. The molecule has 0 saturated carbocycles. The second-order valence-corrected chi connectivity index (χ2v) is 3.41. The molecule has 0 fully saturated rings. The summed E-state index contributed by atoms with van der Waals surface area (Å²) in [7, 11) is 0. The molecule has 0 unspecified atom stereocenters. The number of aromatic hydroxyl groups is 1. The molecule has 3 N–H and O–H groups in total. The Bertz CT molecular complexity index is 519. The molecule has 0 aliphatic rings. The first-order valence-corrected chi connectivity index (χ1v) is 4.77. The zero-order valence-electron chi connectivity index (χ0n) is 8.69. The lowest BCUT2D eigenvalue weighted by molar-refractivity contribution is 0.102. The topological polar surface area (TPSA) is 78.0 Å². The Morgan fingerprint density at radius 3 is 2.94 bits per heavy atom. The van der Waals surface area contributed by atoms with Crippen LogP contribution in [0.25, 0.3) is 0 Å². The van der Waals surface area contributed by atoms with Gasteiger partial charge in [0.2, 0.25) is 0 Å². The fraction of sp³-hybridized carbons (Fsp3) is 0.0909. The molecule has 5 nitrogen and oxygen atoms in total. The number of phenols is 1. The quantitative estimate of drug-likeness (QED) is 0.716. The number of aromatic amines is 1. The number of aryl methyl sites for hydroxylation is 1. The Hall–Kier alpha value is -2.30. The van der Waals surface area contributed by atoms with Gasteiger partial charge in [0.15, 0.2) is 0 Å². The minimum absolute atomic E-state index is 0.113. The molecule has 2 aromatic rings. The highest BCUT2D eigenvalue weighted by atomic mass is 16.3. The second kappa shape index (κ2) is 4.06. The van der Waals surface area contributed by atoms with Crippen molar-refractivity contribution in [3.05, 3.63) is 41.7 Å². The third kappa shape index (κ3) is 2.03. The number of nitrogens with zero attached hydrogens (tertiary/aromatic N) is 1. The van der Waals surface area contributed by atoms with Crippen molar-refractivity contribution in [3.8, 4) is 5.75 Å². The number of benzene rings is 1. The first-order chi connectivity index (χ1) is 7.66. The van der Waals surface area contributed by atoms with Gasteiger partial charge in [-0.2, -0.15) is 5.10 Å². The lowest BCUT2D eigenvalue weighted by atomic mass is 10.2. The van der Waals surface area contributed by atoms with E-state index in [1.165, 1.54) is 12.3 Å². The number of anilines is 1. The largest absolute Gasteiger partial charge is 0.508 e. The Balaban J connectivity index is 2.17. The number of rotatable bonds is 2. The average Bonchev–Trinajstić information content (AvgIpc) is 2.64. The Kier molecular flexibility index (Phi) is 2.59. The lowest BCUT2D eigenvalue weighted by Crippen LogP contribution is -2.12. The van der Waals surface area contributed by atoms with Crippen LogP contribution in [-0.2, 0) is 0 Å². The maximum absolute atomic E-state index is 11.8. The van der Waals surface area contributed by atoms with E-state index in [-0.39, 0.29) is 11.7 Å². The van der Waals surface area contributed by atoms with E-state index in [0.717, 1.165) is 0 Å². The molecule has 1 heterocycles. The highest BCUT2D eigenvalue weighted by Gasteiger charge is 2.10. The molecule has 1 aromatic carbocycles. The molecule has 0 aliphatic heterocycles. The van der Waals surface area contributed by atoms with E-state index < -0.39 is 0 Å². The van der Waals surface area contributed by atoms with Crippen molar-refractivity contribution in [2.45, 2.75) is 6.92 Å². The molecule has 0 atom stereocenters. The zero-order chi connectivity index (χ0) is 11.5. The minimum atomic E-state index is -0.253. The van der Waals surface area contributed by atoms with Gasteiger partial charge in [0.05, 0.1) is 11.8 Å². The summed E-state index contributed by atoms with van der Waals surface area (Å²) >= 11 is 0. The maximum atomic E-state index is 11.8. The standard InChI is InChI=1S/C11H11N3O2/c1-7-10(6-12-14-7)11(16)13-8-3-2-4-9(15)5-8/h2-6,15H,1H3,(H,12,14)(H,13,16). The monoisotopic (exact) mass is 217 g/mol. The predicted molar refractivity (Wildman–Crippen MR) is 59.4 cm³/mol. The van der Waals surface area contributed by atoms with E-state index in [4.69, 9.17) is 0 Å². The molecule has 1 amide bonds. The van der Waals surface area contributed by atoms with E-state index in [9.17, 15) is 9.90 Å². The normalized spacial score (nSPS) is 10.1. The van der Waals surface area contributed by atoms with Crippen LogP contribution in [0.2, 0.25) is 0 Å². The van der Waals surface area contributed by atoms with E-state index in [0.29, 0.717) is 16.9 Å². The number of nitrogens with one attached hydrogen (secondary N) is 2. The van der Waals surface area contributed by atoms with Crippen LogP contribution in [0.4, 0.5) is 5.69 Å². The first kappa shape index (κ1) is 10.2. The van der Waals surface area contributed by atoms with Crippen LogP contribution in [0.1, 0.15) is 16.1 Å². The smallest absolute Gasteiger partial charge is 0.259 e. The van der Waals surface area contributed by atoms with Crippen molar-refractivity contribution < 1.29 is 9.90 Å². The summed E-state index contributed by atoms with van der Waals surface area (Å²) < 4.78 is 0. The number of hydrogen-bond donors (Lipinski definition) is 3. The van der Waals surface area contributed by atoms with Gasteiger partial charge in [-0.15, -0.1) is 0 Å². The van der Waals surface area contributed by atoms with Gasteiger partial charge in [0.25, 0.3) is 5.91 Å². The van der Waals surface area contributed by atoms with Crippen LogP contribution in [-0.4, -0.2) is 21.2 Å². The Morgan fingerprint density at radius 1 is 1.50 bits per heavy atom. The molecule has 0 bridgehead atoms. The van der Waals surface area contributed by atoms with Gasteiger partial charge in [0, 0.05) is 17.4 Å². The van der Waals surface area contributed by atoms with Crippen molar-refractivity contribution >= 4 is 11.6 Å². The highest BCUT2D eigenvalue weighted by molar-refractivity contribution is 6.04. The van der Waals surface area contributed by atoms with Gasteiger partial charge in [-0.25, -0.2) is 0 Å². The van der Waals surface area contributed by atoms with Crippen LogP contribution < -0.4 is 5.32 Å². The molecule has 0 radical (unpaired) electrons. The van der Waals surface area contributed by atoms with Gasteiger partial charge in [-0.3, -0.25) is 9.89 Å². The number of amides is 1. The summed E-state index contributed by atoms with van der Waals surface area (Å²) in [5.74, 6) is -0.140. The minimum Gasteiger partial charge on any atom is -0.508 e. The molecule has 0 spiro atoms. The molecule has 82 valence electrons. The number of hydrogen-bond acceptors (Lipinski definition) is 3. The van der Waals surface area contributed by atoms with Crippen molar-refractivity contribution in [3.63, 3.8) is 0 Å². The van der Waals surface area contributed by atoms with Gasteiger partial charge in [-0.05, 0) is 19.1 Å². The Morgan fingerprint density at radius 2 is 2.31 bits per heavy atom. The summed E-state index contributed by atoms with van der Waals surface area (Å²) in [5.41, 5.74) is 1.74. The number of carbonyl (C=O) groups excluding carboxylic acids is 1. The third-order valence-electron chi connectivity index (χ3n) is 2.18. The molecule has 0 saturated heterocycles. The molecular formula is C11H11N3O2. The van der Waals surface area contributed by atoms with Gasteiger partial charge in [0.1, 0.15) is 5.75 Å². The number of H-pyrrole nitrogens is 1. The van der Waals surface area contributed by atoms with Gasteiger partial charge >= 0.3 is 0 Å². The number of aromatic nitrogens is 2. The fourth-order valence-electron chi connectivity index (χ4n) is 1.36. The van der Waals surface area contributed by atoms with Crippen LogP contribution in [0.3, 0.4) is 0 Å². The van der Waals surface area contributed by atoms with Crippen LogP contribution in [0.5, 0.6) is 5.75 Å². The summed E-state index contributed by atoms with van der Waals surface area (Å²) in [5, 5.41) is 18.4. The molecule has 2 rings (SSSR count). The van der Waals surface area contributed by atoms with Gasteiger partial charge < -0.3 is 10.4 Å². The molecule has 5 heteroatoms. The lowest BCUT2D eigenvalue weighted by Gasteiger charge is -2.04. The number of phenolic OH excluding ortho intramolecular Hbond substituents is 1. The molecule has 1 aromatic heterocycles.